The number of hydrogen-bond acceptors (Lipinski definition) is 1. The van der Waals surface area contributed by atoms with Crippen LogP contribution in [0.2, 0.25) is 0 Å². The van der Waals surface area contributed by atoms with Gasteiger partial charge in [-0.2, -0.15) is 13.2 Å². The van der Waals surface area contributed by atoms with Crippen molar-refractivity contribution in [1.29, 1.82) is 0 Å². The largest absolute Gasteiger partial charge is 0.401 e. The first-order chi connectivity index (χ1) is 7.06. The zero-order valence-electron chi connectivity index (χ0n) is 9.50. The molecular formula is C11H22F3N. The third-order valence-corrected chi connectivity index (χ3v) is 2.28. The van der Waals surface area contributed by atoms with Gasteiger partial charge in [-0.3, -0.25) is 0 Å². The summed E-state index contributed by atoms with van der Waals surface area (Å²) in [5, 5.41) is 2.40. The molecule has 0 aromatic heterocycles. The molecule has 0 aliphatic carbocycles. The van der Waals surface area contributed by atoms with E-state index in [9.17, 15) is 13.2 Å². The van der Waals surface area contributed by atoms with E-state index in [1.54, 1.807) is 0 Å². The monoisotopic (exact) mass is 225 g/mol. The van der Waals surface area contributed by atoms with Crippen molar-refractivity contribution in [3.05, 3.63) is 0 Å². The van der Waals surface area contributed by atoms with Gasteiger partial charge in [0.05, 0.1) is 6.54 Å². The van der Waals surface area contributed by atoms with Gasteiger partial charge < -0.3 is 5.32 Å². The molecule has 0 unspecified atom stereocenters. The molecular weight excluding hydrogens is 203 g/mol. The number of nitrogens with one attached hydrogen (secondary N) is 1. The predicted molar refractivity (Wildman–Crippen MR) is 56.9 cm³/mol. The quantitative estimate of drug-likeness (QED) is 0.587. The van der Waals surface area contributed by atoms with E-state index in [1.807, 2.05) is 0 Å². The van der Waals surface area contributed by atoms with Crippen molar-refractivity contribution in [3.63, 3.8) is 0 Å². The van der Waals surface area contributed by atoms with E-state index in [0.29, 0.717) is 6.54 Å². The third-order valence-electron chi connectivity index (χ3n) is 2.28. The van der Waals surface area contributed by atoms with Crippen LogP contribution in [0.1, 0.15) is 51.9 Å². The van der Waals surface area contributed by atoms with Crippen LogP contribution in [0.15, 0.2) is 0 Å². The number of rotatable bonds is 9. The van der Waals surface area contributed by atoms with Gasteiger partial charge in [-0.15, -0.1) is 0 Å². The first-order valence-electron chi connectivity index (χ1n) is 5.83. The van der Waals surface area contributed by atoms with Crippen LogP contribution < -0.4 is 5.32 Å². The van der Waals surface area contributed by atoms with E-state index in [0.717, 1.165) is 19.3 Å². The number of halogens is 3. The Labute approximate surface area is 90.4 Å². The summed E-state index contributed by atoms with van der Waals surface area (Å²) in [6, 6.07) is 0. The Bertz CT molecular complexity index is 134. The zero-order chi connectivity index (χ0) is 11.6. The third kappa shape index (κ3) is 13.8. The fourth-order valence-electron chi connectivity index (χ4n) is 1.44. The molecule has 1 nitrogen and oxygen atoms in total. The molecule has 92 valence electrons. The Kier molecular flexibility index (Phi) is 8.86. The highest BCUT2D eigenvalue weighted by atomic mass is 19.4. The van der Waals surface area contributed by atoms with E-state index in [-0.39, 0.29) is 0 Å². The van der Waals surface area contributed by atoms with Gasteiger partial charge >= 0.3 is 6.18 Å². The van der Waals surface area contributed by atoms with Gasteiger partial charge in [0, 0.05) is 0 Å². The number of alkyl halides is 3. The minimum atomic E-state index is -4.07. The molecule has 0 aliphatic heterocycles. The van der Waals surface area contributed by atoms with Crippen LogP contribution in [0.5, 0.6) is 0 Å². The Morgan fingerprint density at radius 1 is 0.867 bits per heavy atom. The summed E-state index contributed by atoms with van der Waals surface area (Å²) >= 11 is 0. The molecule has 0 bridgehead atoms. The Morgan fingerprint density at radius 3 is 1.93 bits per heavy atom. The summed E-state index contributed by atoms with van der Waals surface area (Å²) in [5.41, 5.74) is 0. The van der Waals surface area contributed by atoms with Gasteiger partial charge in [-0.1, -0.05) is 45.4 Å². The lowest BCUT2D eigenvalue weighted by atomic mass is 10.1. The van der Waals surface area contributed by atoms with Crippen LogP contribution in [0.3, 0.4) is 0 Å². The van der Waals surface area contributed by atoms with Crippen LogP contribution in [-0.4, -0.2) is 19.3 Å². The van der Waals surface area contributed by atoms with Crippen molar-refractivity contribution < 1.29 is 13.2 Å². The second-order valence-corrected chi connectivity index (χ2v) is 3.91. The Balaban J connectivity index is 2.99. The molecule has 0 spiro atoms. The second kappa shape index (κ2) is 9.01. The molecule has 15 heavy (non-hydrogen) atoms. The summed E-state index contributed by atoms with van der Waals surface area (Å²) in [4.78, 5) is 0. The molecule has 0 aliphatic rings. The lowest BCUT2D eigenvalue weighted by molar-refractivity contribution is -0.124. The minimum absolute atomic E-state index is 0.479. The van der Waals surface area contributed by atoms with Gasteiger partial charge in [-0.05, 0) is 13.0 Å². The number of unbranched alkanes of at least 4 members (excludes halogenated alkanes) is 6. The molecule has 0 atom stereocenters. The highest BCUT2D eigenvalue weighted by molar-refractivity contribution is 4.55. The van der Waals surface area contributed by atoms with E-state index in [1.165, 1.54) is 25.7 Å². The van der Waals surface area contributed by atoms with Gasteiger partial charge in [0.15, 0.2) is 0 Å². The van der Waals surface area contributed by atoms with Crippen molar-refractivity contribution in [2.75, 3.05) is 13.1 Å². The van der Waals surface area contributed by atoms with Crippen LogP contribution in [0, 0.1) is 0 Å². The van der Waals surface area contributed by atoms with Crippen molar-refractivity contribution in [2.45, 2.75) is 58.0 Å². The van der Waals surface area contributed by atoms with E-state index in [4.69, 9.17) is 0 Å². The maximum Gasteiger partial charge on any atom is 0.401 e. The van der Waals surface area contributed by atoms with Gasteiger partial charge in [0.25, 0.3) is 0 Å². The maximum absolute atomic E-state index is 11.7. The van der Waals surface area contributed by atoms with Crippen LogP contribution in [-0.2, 0) is 0 Å². The van der Waals surface area contributed by atoms with E-state index in [2.05, 4.69) is 12.2 Å². The summed E-state index contributed by atoms with van der Waals surface area (Å²) < 4.78 is 35.1. The molecule has 1 N–H and O–H groups in total. The van der Waals surface area contributed by atoms with Crippen molar-refractivity contribution >= 4 is 0 Å². The lowest BCUT2D eigenvalue weighted by Gasteiger charge is -2.07. The minimum Gasteiger partial charge on any atom is -0.309 e. The van der Waals surface area contributed by atoms with E-state index >= 15 is 0 Å². The molecule has 0 fully saturated rings. The molecule has 0 amide bonds. The standard InChI is InChI=1S/C11H22F3N/c1-2-3-4-5-6-7-8-9-15-10-11(12,13)14/h15H,2-10H2,1H3. The molecule has 4 heteroatoms. The Morgan fingerprint density at radius 2 is 1.40 bits per heavy atom. The zero-order valence-corrected chi connectivity index (χ0v) is 9.50. The van der Waals surface area contributed by atoms with Crippen LogP contribution >= 0.6 is 0 Å². The molecule has 0 saturated carbocycles. The molecule has 0 aromatic rings. The molecule has 0 heterocycles. The van der Waals surface area contributed by atoms with Crippen molar-refractivity contribution in [3.8, 4) is 0 Å². The van der Waals surface area contributed by atoms with Gasteiger partial charge in [0.1, 0.15) is 0 Å². The molecule has 0 aromatic carbocycles. The fourth-order valence-corrected chi connectivity index (χ4v) is 1.44. The van der Waals surface area contributed by atoms with Crippen molar-refractivity contribution in [1.82, 2.24) is 5.32 Å². The number of hydrogen-bond donors (Lipinski definition) is 1. The average molecular weight is 225 g/mol. The van der Waals surface area contributed by atoms with E-state index < -0.39 is 12.7 Å². The highest BCUT2D eigenvalue weighted by Crippen LogP contribution is 2.12. The van der Waals surface area contributed by atoms with Crippen LogP contribution in [0.25, 0.3) is 0 Å². The smallest absolute Gasteiger partial charge is 0.309 e. The SMILES string of the molecule is CCCCCCCCCNCC(F)(F)F. The summed E-state index contributed by atoms with van der Waals surface area (Å²) in [7, 11) is 0. The average Bonchev–Trinajstić information content (AvgIpc) is 2.14. The Hall–Kier alpha value is -0.250. The topological polar surface area (TPSA) is 12.0 Å². The second-order valence-electron chi connectivity index (χ2n) is 3.91. The normalized spacial score (nSPS) is 12.0. The lowest BCUT2D eigenvalue weighted by Crippen LogP contribution is -2.29. The first kappa shape index (κ1) is 14.8. The first-order valence-corrected chi connectivity index (χ1v) is 5.83. The predicted octanol–water partition coefficient (Wildman–Crippen LogP) is 3.89. The van der Waals surface area contributed by atoms with Crippen molar-refractivity contribution in [2.24, 2.45) is 0 Å². The summed E-state index contributed by atoms with van der Waals surface area (Å²) in [6.45, 7) is 1.79. The highest BCUT2D eigenvalue weighted by Gasteiger charge is 2.25. The summed E-state index contributed by atoms with van der Waals surface area (Å²) in [5.74, 6) is 0. The molecule has 0 radical (unpaired) electrons. The fraction of sp³-hybridized carbons (Fsp3) is 1.00. The summed E-state index contributed by atoms with van der Waals surface area (Å²) in [6.07, 6.45) is 3.94. The van der Waals surface area contributed by atoms with Crippen LogP contribution in [0.4, 0.5) is 13.2 Å². The molecule has 0 saturated heterocycles. The molecule has 0 rings (SSSR count). The van der Waals surface area contributed by atoms with Gasteiger partial charge in [-0.25, -0.2) is 0 Å². The van der Waals surface area contributed by atoms with Gasteiger partial charge in [0.2, 0.25) is 0 Å². The maximum atomic E-state index is 11.7.